The van der Waals surface area contributed by atoms with E-state index >= 15 is 0 Å². The summed E-state index contributed by atoms with van der Waals surface area (Å²) in [5, 5.41) is 11.4. The summed E-state index contributed by atoms with van der Waals surface area (Å²) in [5.41, 5.74) is 5.08. The zero-order valence-electron chi connectivity index (χ0n) is 48.3. The van der Waals surface area contributed by atoms with E-state index in [1.165, 1.54) is 52.8 Å². The predicted molar refractivity (Wildman–Crippen MR) is 296 cm³/mol. The van der Waals surface area contributed by atoms with E-state index in [0.29, 0.717) is 75.2 Å². The molecular weight excluding hydrogens is 1030 g/mol. The number of alkyl carbamates (subject to hydrolysis) is 1. The topological polar surface area (TPSA) is 273 Å². The van der Waals surface area contributed by atoms with E-state index in [4.69, 9.17) is 45.8 Å². The van der Waals surface area contributed by atoms with E-state index in [1.54, 1.807) is 58.0 Å². The Labute approximate surface area is 467 Å². The fourth-order valence-electron chi connectivity index (χ4n) is 8.08. The number of likely N-dealkylation sites (N-methyl/N-ethyl adjacent to an activating group) is 2. The Bertz CT molecular complexity index is 2170. The van der Waals surface area contributed by atoms with Gasteiger partial charge in [0.05, 0.1) is 33.0 Å². The highest BCUT2D eigenvalue weighted by Gasteiger charge is 2.41. The van der Waals surface area contributed by atoms with Crippen LogP contribution in [0.15, 0.2) is 47.6 Å². The molecule has 0 aromatic heterocycles. The van der Waals surface area contributed by atoms with Gasteiger partial charge in [-0.1, -0.05) is 76.9 Å². The Morgan fingerprint density at radius 2 is 1.50 bits per heavy atom. The van der Waals surface area contributed by atoms with Crippen LogP contribution in [-0.4, -0.2) is 173 Å². The number of amides is 6. The van der Waals surface area contributed by atoms with Crippen molar-refractivity contribution >= 4 is 59.2 Å². The number of benzene rings is 1. The molecule has 1 aromatic carbocycles. The maximum absolute atomic E-state index is 14.4. The van der Waals surface area contributed by atoms with E-state index in [9.17, 15) is 38.4 Å². The highest BCUT2D eigenvalue weighted by molar-refractivity contribution is 6.30. The van der Waals surface area contributed by atoms with Crippen molar-refractivity contribution in [3.8, 4) is 0 Å². The molecule has 0 spiro atoms. The molecule has 6 amide bonds. The van der Waals surface area contributed by atoms with Gasteiger partial charge < -0.3 is 65.2 Å². The highest BCUT2D eigenvalue weighted by Crippen LogP contribution is 2.27. The van der Waals surface area contributed by atoms with Gasteiger partial charge in [-0.05, 0) is 102 Å². The number of esters is 2. The van der Waals surface area contributed by atoms with Crippen LogP contribution >= 0.6 is 11.6 Å². The molecule has 1 heterocycles. The summed E-state index contributed by atoms with van der Waals surface area (Å²) < 4.78 is 34.6. The standard InChI is InChI=1S/C56H90ClN7O14/c1-14-36(5)47-50(67)62-56(10,11)54(71)78-48(37(6)15-2)39(8)44(77-55(72)59-25-17-27-74-29-31-75-30-28-73-26-16-24-58)23-18-38(7)53(70)76-45(32-35(3)4)49(66)60-40(9)51(68)64(13)43(33-41-19-21-42(57)22-20-41)52(69)63(12)34-46(65)61-47/h15,18-22,35-36,39-40,43-45,47-48H,14,16-17,23-34,58H2,1-13H3,(H,59,72)(H,60,66)(H,61,65)(H,62,67)/b37-15+,38-18+/t36-,39+,40+,43-,44+,45-,47+,48-/m1/s1. The summed E-state index contributed by atoms with van der Waals surface area (Å²) in [6, 6.07) is 3.10. The van der Waals surface area contributed by atoms with Crippen LogP contribution in [-0.2, 0) is 68.4 Å². The first kappa shape index (κ1) is 68.5. The van der Waals surface area contributed by atoms with Crippen molar-refractivity contribution in [2.75, 3.05) is 73.4 Å². The average molecular weight is 1120 g/mol. The molecule has 0 unspecified atom stereocenters. The Hall–Kier alpha value is -5.61. The number of allylic oxidation sites excluding steroid dienone is 1. The van der Waals surface area contributed by atoms with Gasteiger partial charge in [0.1, 0.15) is 35.9 Å². The molecule has 0 aliphatic carbocycles. The molecule has 0 saturated heterocycles. The second-order valence-corrected chi connectivity index (χ2v) is 21.3. The number of rotatable bonds is 21. The van der Waals surface area contributed by atoms with Gasteiger partial charge in [-0.3, -0.25) is 24.0 Å². The summed E-state index contributed by atoms with van der Waals surface area (Å²) in [4.78, 5) is 115. The van der Waals surface area contributed by atoms with Crippen LogP contribution in [0.3, 0.4) is 0 Å². The van der Waals surface area contributed by atoms with Crippen molar-refractivity contribution in [1.29, 1.82) is 0 Å². The number of nitrogens with two attached hydrogens (primary N) is 1. The molecule has 0 saturated carbocycles. The fourth-order valence-corrected chi connectivity index (χ4v) is 8.21. The lowest BCUT2D eigenvalue weighted by atomic mass is 9.90. The van der Waals surface area contributed by atoms with E-state index < -0.39 is 108 Å². The van der Waals surface area contributed by atoms with Crippen molar-refractivity contribution in [3.05, 3.63) is 58.1 Å². The molecule has 78 heavy (non-hydrogen) atoms. The molecule has 2 rings (SSSR count). The largest absolute Gasteiger partial charge is 0.456 e. The first-order valence-corrected chi connectivity index (χ1v) is 27.4. The Morgan fingerprint density at radius 3 is 2.08 bits per heavy atom. The number of ether oxygens (including phenoxy) is 6. The average Bonchev–Trinajstić information content (AvgIpc) is 3.39. The normalized spacial score (nSPS) is 24.3. The van der Waals surface area contributed by atoms with Crippen molar-refractivity contribution in [2.24, 2.45) is 23.5 Å². The zero-order chi connectivity index (χ0) is 58.7. The Kier molecular flexibility index (Phi) is 30.8. The summed E-state index contributed by atoms with van der Waals surface area (Å²) in [5.74, 6) is -6.48. The summed E-state index contributed by atoms with van der Waals surface area (Å²) in [7, 11) is 2.80. The van der Waals surface area contributed by atoms with E-state index in [-0.39, 0.29) is 37.3 Å². The SMILES string of the molecule is C/C=C(\C)[C@H]1OC(=O)C(C)(C)NC(=O)[C@H]([C@H](C)CC)NC(=O)CN(C)C(=O)[C@@H](Cc2ccc(Cl)cc2)N(C)C(=O)[C@H](C)NC(=O)[C@@H](CC(C)C)OC(=O)/C(C)=C/C[C@H](OC(=O)NCCCOCCOCCOCCCN)[C@@H]1C. The number of nitrogens with zero attached hydrogens (tertiary/aromatic N) is 2. The van der Waals surface area contributed by atoms with Crippen LogP contribution in [0.4, 0.5) is 4.79 Å². The molecule has 22 heteroatoms. The summed E-state index contributed by atoms with van der Waals surface area (Å²) in [6.07, 6.45) is 0.693. The van der Waals surface area contributed by atoms with Crippen LogP contribution in [0, 0.1) is 17.8 Å². The van der Waals surface area contributed by atoms with E-state index in [0.717, 1.165) is 11.3 Å². The molecule has 6 N–H and O–H groups in total. The van der Waals surface area contributed by atoms with Crippen LogP contribution in [0.2, 0.25) is 5.02 Å². The molecule has 8 atom stereocenters. The summed E-state index contributed by atoms with van der Waals surface area (Å²) >= 11 is 6.16. The number of nitrogens with one attached hydrogen (secondary N) is 4. The molecule has 1 aliphatic heterocycles. The molecule has 21 nitrogen and oxygen atoms in total. The fraction of sp³-hybridized carbons (Fsp3) is 0.679. The third-order valence-electron chi connectivity index (χ3n) is 13.3. The van der Waals surface area contributed by atoms with Gasteiger partial charge in [0, 0.05) is 63.2 Å². The number of carbonyl (C=O) groups excluding carboxylic acids is 8. The zero-order valence-corrected chi connectivity index (χ0v) is 49.1. The molecule has 0 radical (unpaired) electrons. The van der Waals surface area contributed by atoms with Gasteiger partial charge >= 0.3 is 18.0 Å². The van der Waals surface area contributed by atoms with Crippen LogP contribution < -0.4 is 27.0 Å². The molecule has 0 bridgehead atoms. The Balaban J connectivity index is 2.59. The van der Waals surface area contributed by atoms with Gasteiger partial charge in [0.2, 0.25) is 23.6 Å². The second-order valence-electron chi connectivity index (χ2n) is 20.8. The first-order valence-electron chi connectivity index (χ1n) is 27.0. The number of hydrogen-bond donors (Lipinski definition) is 5. The minimum absolute atomic E-state index is 0.00251. The van der Waals surface area contributed by atoms with Crippen LogP contribution in [0.1, 0.15) is 114 Å². The maximum atomic E-state index is 14.4. The highest BCUT2D eigenvalue weighted by atomic mass is 35.5. The molecule has 1 aliphatic rings. The smallest absolute Gasteiger partial charge is 0.407 e. The lowest BCUT2D eigenvalue weighted by molar-refractivity contribution is -0.160. The number of cyclic esters (lactones) is 2. The van der Waals surface area contributed by atoms with Crippen LogP contribution in [0.5, 0.6) is 0 Å². The quantitative estimate of drug-likeness (QED) is 0.0479. The predicted octanol–water partition coefficient (Wildman–Crippen LogP) is 4.80. The van der Waals surface area contributed by atoms with E-state index in [1.807, 2.05) is 20.8 Å². The molecular formula is C56H90ClN7O14. The first-order chi connectivity index (χ1) is 36.8. The van der Waals surface area contributed by atoms with Crippen molar-refractivity contribution in [1.82, 2.24) is 31.1 Å². The molecule has 1 aromatic rings. The van der Waals surface area contributed by atoms with E-state index in [2.05, 4.69) is 21.3 Å². The van der Waals surface area contributed by atoms with Gasteiger partial charge in [-0.2, -0.15) is 0 Å². The lowest BCUT2D eigenvalue weighted by Crippen LogP contribution is -2.60. The molecule has 440 valence electrons. The monoisotopic (exact) mass is 1120 g/mol. The minimum Gasteiger partial charge on any atom is -0.456 e. The van der Waals surface area contributed by atoms with Gasteiger partial charge in [0.15, 0.2) is 6.10 Å². The maximum Gasteiger partial charge on any atom is 0.407 e. The van der Waals surface area contributed by atoms with Crippen LogP contribution in [0.25, 0.3) is 0 Å². The second kappa shape index (κ2) is 35.1. The minimum atomic E-state index is -1.68. The third-order valence-corrected chi connectivity index (χ3v) is 13.6. The summed E-state index contributed by atoms with van der Waals surface area (Å²) in [6.45, 7) is 21.0. The number of halogens is 1. The van der Waals surface area contributed by atoms with Gasteiger partial charge in [0.25, 0.3) is 5.91 Å². The number of hydrogen-bond acceptors (Lipinski definition) is 15. The third kappa shape index (κ3) is 23.8. The van der Waals surface area contributed by atoms with Crippen molar-refractivity contribution in [3.63, 3.8) is 0 Å². The number of carbonyl (C=O) groups is 8. The van der Waals surface area contributed by atoms with Crippen molar-refractivity contribution < 1.29 is 66.8 Å². The van der Waals surface area contributed by atoms with Gasteiger partial charge in [-0.15, -0.1) is 0 Å². The van der Waals surface area contributed by atoms with Crippen molar-refractivity contribution in [2.45, 2.75) is 157 Å². The lowest BCUT2D eigenvalue weighted by Gasteiger charge is -2.35. The van der Waals surface area contributed by atoms with Gasteiger partial charge in [-0.25, -0.2) is 14.4 Å². The Morgan fingerprint density at radius 1 is 0.897 bits per heavy atom. The molecule has 0 fully saturated rings.